The molecule has 3 heteroatoms. The maximum absolute atomic E-state index is 10.0. The number of aryl methyl sites for hydroxylation is 2. The van der Waals surface area contributed by atoms with Crippen molar-refractivity contribution in [3.63, 3.8) is 0 Å². The Morgan fingerprint density at radius 2 is 1.95 bits per heavy atom. The number of β-amino-alcohol motifs (C(OH)–C–C–N with tert-alkyl or cyclic N) is 1. The number of aliphatic hydroxyl groups is 1. The minimum atomic E-state index is -0.404. The van der Waals surface area contributed by atoms with Gasteiger partial charge in [0.05, 0.1) is 0 Å². The maximum Gasteiger partial charge on any atom is 0.122 e. The number of benzene rings is 1. The summed E-state index contributed by atoms with van der Waals surface area (Å²) in [5, 5.41) is 10.0. The fourth-order valence-corrected chi connectivity index (χ4v) is 2.64. The molecule has 0 saturated carbocycles. The summed E-state index contributed by atoms with van der Waals surface area (Å²) in [5.41, 5.74) is 2.36. The van der Waals surface area contributed by atoms with Crippen molar-refractivity contribution < 1.29 is 9.84 Å². The Balaban J connectivity index is 1.77. The molecule has 1 aromatic carbocycles. The molecule has 0 aliphatic carbocycles. The van der Waals surface area contributed by atoms with Gasteiger partial charge in [-0.3, -0.25) is 0 Å². The Hall–Kier alpha value is -1.06. The summed E-state index contributed by atoms with van der Waals surface area (Å²) in [4.78, 5) is 2.33. The largest absolute Gasteiger partial charge is 0.491 e. The van der Waals surface area contributed by atoms with Crippen LogP contribution in [0.2, 0.25) is 0 Å². The van der Waals surface area contributed by atoms with Crippen molar-refractivity contribution in [3.05, 3.63) is 29.3 Å². The highest BCUT2D eigenvalue weighted by atomic mass is 16.5. The van der Waals surface area contributed by atoms with E-state index in [0.29, 0.717) is 6.61 Å². The van der Waals surface area contributed by atoms with Gasteiger partial charge in [-0.15, -0.1) is 0 Å². The highest BCUT2D eigenvalue weighted by Crippen LogP contribution is 2.19. The first kappa shape index (κ1) is 14.4. The van der Waals surface area contributed by atoms with Crippen LogP contribution in [0.4, 0.5) is 0 Å². The molecule has 1 atom stereocenters. The molecule has 1 fully saturated rings. The van der Waals surface area contributed by atoms with Crippen molar-refractivity contribution in [2.45, 2.75) is 39.2 Å². The molecule has 1 heterocycles. The van der Waals surface area contributed by atoms with Crippen LogP contribution in [0.1, 0.15) is 30.4 Å². The van der Waals surface area contributed by atoms with E-state index < -0.39 is 6.10 Å². The Labute approximate surface area is 116 Å². The molecule has 3 nitrogen and oxygen atoms in total. The average molecular weight is 263 g/mol. The molecule has 0 spiro atoms. The van der Waals surface area contributed by atoms with E-state index in [4.69, 9.17) is 4.74 Å². The van der Waals surface area contributed by atoms with Crippen molar-refractivity contribution in [2.24, 2.45) is 0 Å². The van der Waals surface area contributed by atoms with Gasteiger partial charge >= 0.3 is 0 Å². The number of nitrogens with zero attached hydrogens (tertiary/aromatic N) is 1. The van der Waals surface area contributed by atoms with Crippen LogP contribution in [0.5, 0.6) is 5.75 Å². The minimum absolute atomic E-state index is 0.375. The van der Waals surface area contributed by atoms with Gasteiger partial charge in [-0.25, -0.2) is 0 Å². The second-order valence-electron chi connectivity index (χ2n) is 5.60. The number of hydrogen-bond donors (Lipinski definition) is 1. The Morgan fingerprint density at radius 3 is 2.63 bits per heavy atom. The molecular formula is C16H25NO2. The standard InChI is InChI=1S/C16H25NO2/c1-13-6-7-16(14(2)10-13)19-12-15(18)11-17-8-4-3-5-9-17/h6-7,10,15,18H,3-5,8-9,11-12H2,1-2H3. The normalized spacial score (nSPS) is 18.3. The number of rotatable bonds is 5. The summed E-state index contributed by atoms with van der Waals surface area (Å²) in [6.45, 7) is 7.44. The lowest BCUT2D eigenvalue weighted by Gasteiger charge is -2.28. The summed E-state index contributed by atoms with van der Waals surface area (Å²) in [6, 6.07) is 6.13. The highest BCUT2D eigenvalue weighted by molar-refractivity contribution is 5.35. The first-order valence-corrected chi connectivity index (χ1v) is 7.25. The molecule has 0 aromatic heterocycles. The quantitative estimate of drug-likeness (QED) is 0.886. The van der Waals surface area contributed by atoms with Gasteiger partial charge < -0.3 is 14.7 Å². The van der Waals surface area contributed by atoms with Crippen LogP contribution >= 0.6 is 0 Å². The Bertz CT molecular complexity index is 400. The van der Waals surface area contributed by atoms with Crippen LogP contribution in [0, 0.1) is 13.8 Å². The molecule has 106 valence electrons. The van der Waals surface area contributed by atoms with E-state index in [1.165, 1.54) is 24.8 Å². The van der Waals surface area contributed by atoms with Crippen LogP contribution in [0.25, 0.3) is 0 Å². The van der Waals surface area contributed by atoms with Crippen LogP contribution in [-0.2, 0) is 0 Å². The molecule has 1 aromatic rings. The minimum Gasteiger partial charge on any atom is -0.491 e. The predicted molar refractivity (Wildman–Crippen MR) is 77.7 cm³/mol. The zero-order valence-corrected chi connectivity index (χ0v) is 12.1. The number of aliphatic hydroxyl groups excluding tert-OH is 1. The molecule has 0 bridgehead atoms. The van der Waals surface area contributed by atoms with Crippen LogP contribution in [0.15, 0.2) is 18.2 Å². The van der Waals surface area contributed by atoms with Crippen LogP contribution in [-0.4, -0.2) is 42.4 Å². The molecule has 19 heavy (non-hydrogen) atoms. The van der Waals surface area contributed by atoms with Crippen molar-refractivity contribution in [2.75, 3.05) is 26.2 Å². The van der Waals surface area contributed by atoms with Gasteiger partial charge in [-0.2, -0.15) is 0 Å². The smallest absolute Gasteiger partial charge is 0.122 e. The van der Waals surface area contributed by atoms with Crippen molar-refractivity contribution in [3.8, 4) is 5.75 Å². The number of piperidine rings is 1. The SMILES string of the molecule is Cc1ccc(OCC(O)CN2CCCCC2)c(C)c1. The molecule has 1 aliphatic rings. The zero-order valence-electron chi connectivity index (χ0n) is 12.1. The molecule has 1 saturated heterocycles. The van der Waals surface area contributed by atoms with Gasteiger partial charge in [0.2, 0.25) is 0 Å². The summed E-state index contributed by atoms with van der Waals surface area (Å²) >= 11 is 0. The number of ether oxygens (including phenoxy) is 1. The van der Waals surface area contributed by atoms with Gasteiger partial charge in [0.15, 0.2) is 0 Å². The lowest BCUT2D eigenvalue weighted by molar-refractivity contribution is 0.0615. The van der Waals surface area contributed by atoms with Crippen LogP contribution < -0.4 is 4.74 Å². The maximum atomic E-state index is 10.0. The fourth-order valence-electron chi connectivity index (χ4n) is 2.64. The molecular weight excluding hydrogens is 238 g/mol. The van der Waals surface area contributed by atoms with Crippen molar-refractivity contribution >= 4 is 0 Å². The zero-order chi connectivity index (χ0) is 13.7. The van der Waals surface area contributed by atoms with Gasteiger partial charge in [0, 0.05) is 6.54 Å². The Kier molecular flexibility index (Phi) is 5.23. The lowest BCUT2D eigenvalue weighted by atomic mass is 10.1. The van der Waals surface area contributed by atoms with E-state index in [1.807, 2.05) is 19.1 Å². The van der Waals surface area contributed by atoms with E-state index in [9.17, 15) is 5.11 Å². The molecule has 1 N–H and O–H groups in total. The Morgan fingerprint density at radius 1 is 1.21 bits per heavy atom. The van der Waals surface area contributed by atoms with Gasteiger partial charge in [0.1, 0.15) is 18.5 Å². The number of hydrogen-bond acceptors (Lipinski definition) is 3. The molecule has 2 rings (SSSR count). The van der Waals surface area contributed by atoms with Crippen molar-refractivity contribution in [1.29, 1.82) is 0 Å². The van der Waals surface area contributed by atoms with Gasteiger partial charge in [0.25, 0.3) is 0 Å². The van der Waals surface area contributed by atoms with Gasteiger partial charge in [-0.1, -0.05) is 24.1 Å². The summed E-state index contributed by atoms with van der Waals surface area (Å²) in [6.07, 6.45) is 3.43. The van der Waals surface area contributed by atoms with E-state index in [0.717, 1.165) is 30.9 Å². The lowest BCUT2D eigenvalue weighted by Crippen LogP contribution is -2.38. The van der Waals surface area contributed by atoms with E-state index in [-0.39, 0.29) is 0 Å². The second-order valence-corrected chi connectivity index (χ2v) is 5.60. The summed E-state index contributed by atoms with van der Waals surface area (Å²) < 4.78 is 5.72. The summed E-state index contributed by atoms with van der Waals surface area (Å²) in [5.74, 6) is 0.878. The third-order valence-electron chi connectivity index (χ3n) is 3.68. The van der Waals surface area contributed by atoms with E-state index in [2.05, 4.69) is 17.9 Å². The predicted octanol–water partition coefficient (Wildman–Crippen LogP) is 2.53. The molecule has 0 radical (unpaired) electrons. The van der Waals surface area contributed by atoms with Gasteiger partial charge in [-0.05, 0) is 51.4 Å². The van der Waals surface area contributed by atoms with E-state index in [1.54, 1.807) is 0 Å². The van der Waals surface area contributed by atoms with E-state index >= 15 is 0 Å². The third-order valence-corrected chi connectivity index (χ3v) is 3.68. The first-order chi connectivity index (χ1) is 9.15. The first-order valence-electron chi connectivity index (χ1n) is 7.25. The molecule has 1 aliphatic heterocycles. The third kappa shape index (κ3) is 4.51. The fraction of sp³-hybridized carbons (Fsp3) is 0.625. The molecule has 1 unspecified atom stereocenters. The highest BCUT2D eigenvalue weighted by Gasteiger charge is 2.15. The van der Waals surface area contributed by atoms with Crippen molar-refractivity contribution in [1.82, 2.24) is 4.90 Å². The van der Waals surface area contributed by atoms with Crippen LogP contribution in [0.3, 0.4) is 0 Å². The average Bonchev–Trinajstić information content (AvgIpc) is 2.39. The topological polar surface area (TPSA) is 32.7 Å². The summed E-state index contributed by atoms with van der Waals surface area (Å²) in [7, 11) is 0. The molecule has 0 amide bonds. The number of likely N-dealkylation sites (tertiary alicyclic amines) is 1. The monoisotopic (exact) mass is 263 g/mol. The second kappa shape index (κ2) is 6.92.